The summed E-state index contributed by atoms with van der Waals surface area (Å²) >= 11 is 0. The molecule has 0 aliphatic carbocycles. The second kappa shape index (κ2) is 7.42. The van der Waals surface area contributed by atoms with E-state index in [0.717, 1.165) is 25.8 Å². The second-order valence-corrected chi connectivity index (χ2v) is 6.75. The van der Waals surface area contributed by atoms with Gasteiger partial charge in [-0.2, -0.15) is 0 Å². The van der Waals surface area contributed by atoms with Crippen molar-refractivity contribution < 1.29 is 19.8 Å². The van der Waals surface area contributed by atoms with Crippen LogP contribution in [0.1, 0.15) is 45.4 Å². The monoisotopic (exact) mass is 312 g/mol. The van der Waals surface area contributed by atoms with E-state index >= 15 is 0 Å². The third-order valence-electron chi connectivity index (χ3n) is 5.09. The molecule has 6 nitrogen and oxygen atoms in total. The van der Waals surface area contributed by atoms with Gasteiger partial charge >= 0.3 is 5.97 Å². The first kappa shape index (κ1) is 17.2. The number of aliphatic hydroxyl groups is 1. The number of β-amino-alcohol motifs (C(OH)–C–C–N with tert-alkyl or cyclic N) is 1. The second-order valence-electron chi connectivity index (χ2n) is 6.75. The van der Waals surface area contributed by atoms with Crippen molar-refractivity contribution in [3.63, 3.8) is 0 Å². The number of hydrogen-bond donors (Lipinski definition) is 2. The molecule has 0 spiro atoms. The van der Waals surface area contributed by atoms with Gasteiger partial charge in [-0.25, -0.2) is 0 Å². The number of rotatable bonds is 5. The minimum Gasteiger partial charge on any atom is -0.481 e. The zero-order valence-corrected chi connectivity index (χ0v) is 13.5. The maximum absolute atomic E-state index is 12.4. The minimum absolute atomic E-state index is 0.0598. The molecule has 0 radical (unpaired) electrons. The molecule has 1 amide bonds. The van der Waals surface area contributed by atoms with Crippen molar-refractivity contribution in [1.29, 1.82) is 0 Å². The number of piperidine rings is 2. The van der Waals surface area contributed by atoms with Crippen LogP contribution < -0.4 is 0 Å². The van der Waals surface area contributed by atoms with Gasteiger partial charge in [0.1, 0.15) is 0 Å². The summed E-state index contributed by atoms with van der Waals surface area (Å²) in [5.74, 6) is -0.662. The van der Waals surface area contributed by atoms with Gasteiger partial charge in [0.05, 0.1) is 18.1 Å². The van der Waals surface area contributed by atoms with Crippen molar-refractivity contribution in [1.82, 2.24) is 9.80 Å². The number of aliphatic carboxylic acids is 1. The van der Waals surface area contributed by atoms with Crippen molar-refractivity contribution in [3.8, 4) is 0 Å². The van der Waals surface area contributed by atoms with Gasteiger partial charge in [-0.05, 0) is 38.6 Å². The lowest BCUT2D eigenvalue weighted by atomic mass is 9.75. The van der Waals surface area contributed by atoms with Crippen molar-refractivity contribution in [2.75, 3.05) is 32.7 Å². The summed E-state index contributed by atoms with van der Waals surface area (Å²) in [4.78, 5) is 27.7. The lowest BCUT2D eigenvalue weighted by Gasteiger charge is -2.40. The summed E-state index contributed by atoms with van der Waals surface area (Å²) in [6.45, 7) is 4.82. The first-order valence-electron chi connectivity index (χ1n) is 8.38. The van der Waals surface area contributed by atoms with Crippen molar-refractivity contribution >= 4 is 11.9 Å². The number of hydrogen-bond acceptors (Lipinski definition) is 4. The van der Waals surface area contributed by atoms with E-state index in [1.54, 1.807) is 4.90 Å². The van der Waals surface area contributed by atoms with Crippen LogP contribution in [0.25, 0.3) is 0 Å². The van der Waals surface area contributed by atoms with E-state index in [-0.39, 0.29) is 12.0 Å². The Morgan fingerprint density at radius 2 is 1.91 bits per heavy atom. The van der Waals surface area contributed by atoms with E-state index in [0.29, 0.717) is 45.4 Å². The molecule has 2 N–H and O–H groups in total. The zero-order chi connectivity index (χ0) is 16.2. The largest absolute Gasteiger partial charge is 0.481 e. The van der Waals surface area contributed by atoms with E-state index in [2.05, 4.69) is 0 Å². The Labute approximate surface area is 132 Å². The summed E-state index contributed by atoms with van der Waals surface area (Å²) in [5.41, 5.74) is -0.646. The van der Waals surface area contributed by atoms with Crippen LogP contribution in [-0.2, 0) is 9.59 Å². The average Bonchev–Trinajstić information content (AvgIpc) is 2.48. The van der Waals surface area contributed by atoms with Gasteiger partial charge in [0.2, 0.25) is 5.91 Å². The van der Waals surface area contributed by atoms with E-state index in [1.807, 2.05) is 11.8 Å². The van der Waals surface area contributed by atoms with E-state index < -0.39 is 11.4 Å². The van der Waals surface area contributed by atoms with E-state index in [4.69, 9.17) is 0 Å². The number of carbonyl (C=O) groups is 2. The first-order chi connectivity index (χ1) is 10.5. The van der Waals surface area contributed by atoms with Crippen LogP contribution in [0.2, 0.25) is 0 Å². The molecule has 0 aromatic heterocycles. The standard InChI is InChI=1S/C16H28N2O4/c1-2-5-16(15(21)22)6-9-18(10-7-16)14(20)12-17-8-3-4-13(19)11-17/h13,19H,2-12H2,1H3,(H,21,22)/t13-/m0/s1. The van der Waals surface area contributed by atoms with Crippen LogP contribution in [0.4, 0.5) is 0 Å². The van der Waals surface area contributed by atoms with E-state index in [9.17, 15) is 19.8 Å². The van der Waals surface area contributed by atoms with Crippen LogP contribution in [0.3, 0.4) is 0 Å². The Morgan fingerprint density at radius 3 is 2.45 bits per heavy atom. The van der Waals surface area contributed by atoms with Gasteiger partial charge in [0.15, 0.2) is 0 Å². The van der Waals surface area contributed by atoms with Crippen molar-refractivity contribution in [2.24, 2.45) is 5.41 Å². The zero-order valence-electron chi connectivity index (χ0n) is 13.5. The summed E-state index contributed by atoms with van der Waals surface area (Å²) < 4.78 is 0. The van der Waals surface area contributed by atoms with Crippen molar-refractivity contribution in [3.05, 3.63) is 0 Å². The SMILES string of the molecule is CCCC1(C(=O)O)CCN(C(=O)CN2CCC[C@H](O)C2)CC1. The molecular formula is C16H28N2O4. The Bertz CT molecular complexity index is 405. The summed E-state index contributed by atoms with van der Waals surface area (Å²) in [5, 5.41) is 19.2. The maximum Gasteiger partial charge on any atom is 0.309 e. The van der Waals surface area contributed by atoms with Gasteiger partial charge < -0.3 is 15.1 Å². The lowest BCUT2D eigenvalue weighted by molar-refractivity contribution is -0.155. The average molecular weight is 312 g/mol. The fraction of sp³-hybridized carbons (Fsp3) is 0.875. The highest BCUT2D eigenvalue weighted by molar-refractivity contribution is 5.79. The third kappa shape index (κ3) is 3.98. The van der Waals surface area contributed by atoms with Crippen LogP contribution in [0, 0.1) is 5.41 Å². The minimum atomic E-state index is -0.722. The molecule has 0 aromatic rings. The predicted octanol–water partition coefficient (Wildman–Crippen LogP) is 0.937. The maximum atomic E-state index is 12.4. The Hall–Kier alpha value is -1.14. The van der Waals surface area contributed by atoms with Crippen LogP contribution in [0.5, 0.6) is 0 Å². The van der Waals surface area contributed by atoms with Gasteiger partial charge in [-0.1, -0.05) is 13.3 Å². The number of aliphatic hydroxyl groups excluding tert-OH is 1. The molecule has 2 aliphatic heterocycles. The molecule has 2 aliphatic rings. The summed E-state index contributed by atoms with van der Waals surface area (Å²) in [6, 6.07) is 0. The quantitative estimate of drug-likeness (QED) is 0.789. The van der Waals surface area contributed by atoms with Crippen LogP contribution >= 0.6 is 0 Å². The highest BCUT2D eigenvalue weighted by Crippen LogP contribution is 2.36. The Balaban J connectivity index is 1.85. The Morgan fingerprint density at radius 1 is 1.23 bits per heavy atom. The predicted molar refractivity (Wildman–Crippen MR) is 82.5 cm³/mol. The molecule has 1 atom stereocenters. The fourth-order valence-corrected chi connectivity index (χ4v) is 3.70. The summed E-state index contributed by atoms with van der Waals surface area (Å²) in [7, 11) is 0. The van der Waals surface area contributed by atoms with Crippen LogP contribution in [-0.4, -0.2) is 70.7 Å². The number of likely N-dealkylation sites (tertiary alicyclic amines) is 2. The Kier molecular flexibility index (Phi) is 5.81. The fourth-order valence-electron chi connectivity index (χ4n) is 3.70. The molecule has 2 fully saturated rings. The topological polar surface area (TPSA) is 81.1 Å². The number of nitrogens with zero attached hydrogens (tertiary/aromatic N) is 2. The molecule has 0 saturated carbocycles. The van der Waals surface area contributed by atoms with Crippen LogP contribution in [0.15, 0.2) is 0 Å². The lowest BCUT2D eigenvalue weighted by Crippen LogP contribution is -2.50. The highest BCUT2D eigenvalue weighted by Gasteiger charge is 2.41. The number of carbonyl (C=O) groups excluding carboxylic acids is 1. The third-order valence-corrected chi connectivity index (χ3v) is 5.09. The van der Waals surface area contributed by atoms with Gasteiger partial charge in [0.25, 0.3) is 0 Å². The van der Waals surface area contributed by atoms with Gasteiger partial charge in [-0.3, -0.25) is 14.5 Å². The van der Waals surface area contributed by atoms with E-state index in [1.165, 1.54) is 0 Å². The molecule has 6 heteroatoms. The smallest absolute Gasteiger partial charge is 0.309 e. The molecule has 2 rings (SSSR count). The molecule has 2 saturated heterocycles. The molecular weight excluding hydrogens is 284 g/mol. The molecule has 22 heavy (non-hydrogen) atoms. The summed E-state index contributed by atoms with van der Waals surface area (Å²) in [6.07, 6.45) is 4.04. The molecule has 126 valence electrons. The molecule has 2 heterocycles. The molecule has 0 unspecified atom stereocenters. The number of carboxylic acid groups (broad SMARTS) is 1. The highest BCUT2D eigenvalue weighted by atomic mass is 16.4. The van der Waals surface area contributed by atoms with Gasteiger partial charge in [-0.15, -0.1) is 0 Å². The molecule has 0 aromatic carbocycles. The first-order valence-corrected chi connectivity index (χ1v) is 8.38. The van der Waals surface area contributed by atoms with Crippen molar-refractivity contribution in [2.45, 2.75) is 51.6 Å². The number of carboxylic acids is 1. The number of amides is 1. The van der Waals surface area contributed by atoms with Gasteiger partial charge in [0, 0.05) is 19.6 Å². The molecule has 0 bridgehead atoms. The normalized spacial score (nSPS) is 25.9.